The first-order chi connectivity index (χ1) is 12.2. The van der Waals surface area contributed by atoms with Crippen molar-refractivity contribution in [3.05, 3.63) is 72.4 Å². The van der Waals surface area contributed by atoms with Crippen molar-refractivity contribution in [2.24, 2.45) is 0 Å². The van der Waals surface area contributed by atoms with Crippen LogP contribution in [0.5, 0.6) is 0 Å². The fourth-order valence-electron chi connectivity index (χ4n) is 3.32. The van der Waals surface area contributed by atoms with Gasteiger partial charge >= 0.3 is 0 Å². The van der Waals surface area contributed by atoms with Crippen molar-refractivity contribution in [1.29, 1.82) is 0 Å². The third kappa shape index (κ3) is 3.96. The second-order valence-electron chi connectivity index (χ2n) is 9.06. The highest BCUT2D eigenvalue weighted by Gasteiger charge is 2.27. The Balaban J connectivity index is 2.11. The zero-order valence-corrected chi connectivity index (χ0v) is 17.8. The van der Waals surface area contributed by atoms with Crippen LogP contribution in [0.15, 0.2) is 66.9 Å². The molecule has 0 radical (unpaired) electrons. The second kappa shape index (κ2) is 6.84. The van der Waals surface area contributed by atoms with Gasteiger partial charge in [-0.2, -0.15) is 0 Å². The molecule has 0 unspecified atom stereocenters. The lowest BCUT2D eigenvalue weighted by atomic mass is 9.86. The maximum absolute atomic E-state index is 4.86. The molecule has 0 amide bonds. The van der Waals surface area contributed by atoms with Crippen LogP contribution in [0.2, 0.25) is 19.6 Å². The van der Waals surface area contributed by atoms with E-state index in [0.29, 0.717) is 0 Å². The van der Waals surface area contributed by atoms with Gasteiger partial charge in [0, 0.05) is 11.8 Å². The van der Waals surface area contributed by atoms with E-state index in [9.17, 15) is 0 Å². The van der Waals surface area contributed by atoms with Crippen molar-refractivity contribution in [2.75, 3.05) is 0 Å². The van der Waals surface area contributed by atoms with Crippen LogP contribution in [-0.2, 0) is 5.41 Å². The zero-order chi connectivity index (χ0) is 18.9. The first kappa shape index (κ1) is 18.6. The molecule has 1 heterocycles. The molecule has 0 aliphatic carbocycles. The van der Waals surface area contributed by atoms with Crippen LogP contribution in [0.3, 0.4) is 0 Å². The van der Waals surface area contributed by atoms with Gasteiger partial charge in [0.1, 0.15) is 0 Å². The average Bonchev–Trinajstić information content (AvgIpc) is 2.60. The summed E-state index contributed by atoms with van der Waals surface area (Å²) in [6.07, 6.45) is 2.14. The SMILES string of the molecule is CC(C)(C)c1cc(-c2cccc(-c3ccccc3)c2)ncc1[Si](C)(C)C. The van der Waals surface area contributed by atoms with Gasteiger partial charge in [0.15, 0.2) is 0 Å². The molecule has 2 heteroatoms. The van der Waals surface area contributed by atoms with Crippen LogP contribution >= 0.6 is 0 Å². The predicted molar refractivity (Wildman–Crippen MR) is 117 cm³/mol. The van der Waals surface area contributed by atoms with E-state index in [0.717, 1.165) is 5.69 Å². The standard InChI is InChI=1S/C24H29NSi/c1-24(2,3)21-16-22(25-17-23(21)26(4,5)6)20-14-10-13-19(15-20)18-11-8-7-9-12-18/h7-17H,1-6H3. The largest absolute Gasteiger partial charge is 0.256 e. The molecule has 0 aliphatic rings. The second-order valence-corrected chi connectivity index (χ2v) is 14.1. The molecule has 134 valence electrons. The molecule has 26 heavy (non-hydrogen) atoms. The third-order valence-electron chi connectivity index (χ3n) is 4.79. The summed E-state index contributed by atoms with van der Waals surface area (Å²) in [4.78, 5) is 4.86. The molecule has 0 saturated heterocycles. The van der Waals surface area contributed by atoms with E-state index in [1.54, 1.807) is 0 Å². The number of pyridine rings is 1. The maximum Gasteiger partial charge on any atom is 0.0800 e. The minimum atomic E-state index is -1.44. The predicted octanol–water partition coefficient (Wildman–Crippen LogP) is 6.26. The molecule has 0 spiro atoms. The molecule has 0 saturated carbocycles. The van der Waals surface area contributed by atoms with Crippen LogP contribution in [0.25, 0.3) is 22.4 Å². The van der Waals surface area contributed by atoms with Gasteiger partial charge in [-0.25, -0.2) is 0 Å². The van der Waals surface area contributed by atoms with Crippen molar-refractivity contribution >= 4 is 13.3 Å². The lowest BCUT2D eigenvalue weighted by Gasteiger charge is -2.29. The van der Waals surface area contributed by atoms with Crippen molar-refractivity contribution in [3.8, 4) is 22.4 Å². The van der Waals surface area contributed by atoms with Crippen LogP contribution in [0.4, 0.5) is 0 Å². The van der Waals surface area contributed by atoms with Gasteiger partial charge in [-0.1, -0.05) is 88.9 Å². The monoisotopic (exact) mass is 359 g/mol. The summed E-state index contributed by atoms with van der Waals surface area (Å²) in [5.74, 6) is 0. The van der Waals surface area contributed by atoms with Crippen LogP contribution < -0.4 is 5.19 Å². The summed E-state index contributed by atoms with van der Waals surface area (Å²) in [6, 6.07) is 21.6. The number of hydrogen-bond acceptors (Lipinski definition) is 1. The van der Waals surface area contributed by atoms with E-state index in [-0.39, 0.29) is 5.41 Å². The van der Waals surface area contributed by atoms with E-state index in [1.165, 1.54) is 27.4 Å². The zero-order valence-electron chi connectivity index (χ0n) is 16.8. The molecular weight excluding hydrogens is 330 g/mol. The van der Waals surface area contributed by atoms with Crippen molar-refractivity contribution < 1.29 is 0 Å². The average molecular weight is 360 g/mol. The summed E-state index contributed by atoms with van der Waals surface area (Å²) >= 11 is 0. The van der Waals surface area contributed by atoms with E-state index < -0.39 is 8.07 Å². The molecule has 3 rings (SSSR count). The normalized spacial score (nSPS) is 12.2. The van der Waals surface area contributed by atoms with Crippen LogP contribution in [0.1, 0.15) is 26.3 Å². The smallest absolute Gasteiger partial charge is 0.0800 e. The molecule has 0 fully saturated rings. The molecule has 0 aliphatic heterocycles. The molecule has 1 aromatic heterocycles. The van der Waals surface area contributed by atoms with Gasteiger partial charge in [0.05, 0.1) is 13.8 Å². The fraction of sp³-hybridized carbons (Fsp3) is 0.292. The minimum Gasteiger partial charge on any atom is -0.256 e. The Morgan fingerprint density at radius 2 is 1.35 bits per heavy atom. The van der Waals surface area contributed by atoms with Crippen molar-refractivity contribution in [3.63, 3.8) is 0 Å². The topological polar surface area (TPSA) is 12.9 Å². The molecule has 1 nitrogen and oxygen atoms in total. The lowest BCUT2D eigenvalue weighted by molar-refractivity contribution is 0.593. The summed E-state index contributed by atoms with van der Waals surface area (Å²) in [5.41, 5.74) is 6.27. The van der Waals surface area contributed by atoms with Crippen molar-refractivity contribution in [2.45, 2.75) is 45.8 Å². The van der Waals surface area contributed by atoms with E-state index in [2.05, 4.69) is 107 Å². The van der Waals surface area contributed by atoms with Crippen molar-refractivity contribution in [1.82, 2.24) is 4.98 Å². The Kier molecular flexibility index (Phi) is 4.89. The van der Waals surface area contributed by atoms with Crippen LogP contribution in [-0.4, -0.2) is 13.1 Å². The Morgan fingerprint density at radius 1 is 0.731 bits per heavy atom. The van der Waals surface area contributed by atoms with Gasteiger partial charge < -0.3 is 0 Å². The van der Waals surface area contributed by atoms with Gasteiger partial charge in [-0.05, 0) is 39.4 Å². The summed E-state index contributed by atoms with van der Waals surface area (Å²) in [5, 5.41) is 1.47. The van der Waals surface area contributed by atoms with Gasteiger partial charge in [-0.15, -0.1) is 0 Å². The van der Waals surface area contributed by atoms with E-state index >= 15 is 0 Å². The first-order valence-electron chi connectivity index (χ1n) is 9.33. The Morgan fingerprint density at radius 3 is 1.96 bits per heavy atom. The number of benzene rings is 2. The Labute approximate surface area is 159 Å². The molecule has 3 aromatic rings. The number of aromatic nitrogens is 1. The molecule has 2 aromatic carbocycles. The third-order valence-corrected chi connectivity index (χ3v) is 6.80. The highest BCUT2D eigenvalue weighted by molar-refractivity contribution is 6.89. The van der Waals surface area contributed by atoms with Gasteiger partial charge in [0.25, 0.3) is 0 Å². The van der Waals surface area contributed by atoms with Crippen LogP contribution in [0, 0.1) is 0 Å². The number of nitrogens with zero attached hydrogens (tertiary/aromatic N) is 1. The van der Waals surface area contributed by atoms with E-state index in [4.69, 9.17) is 4.98 Å². The summed E-state index contributed by atoms with van der Waals surface area (Å²) in [6.45, 7) is 14.1. The maximum atomic E-state index is 4.86. The van der Waals surface area contributed by atoms with Gasteiger partial charge in [-0.3, -0.25) is 4.98 Å². The summed E-state index contributed by atoms with van der Waals surface area (Å²) < 4.78 is 0. The van der Waals surface area contributed by atoms with Gasteiger partial charge in [0.2, 0.25) is 0 Å². The quantitative estimate of drug-likeness (QED) is 0.503. The summed E-state index contributed by atoms with van der Waals surface area (Å²) in [7, 11) is -1.44. The Bertz CT molecular complexity index is 899. The molecule has 0 atom stereocenters. The molecule has 0 bridgehead atoms. The molecule has 0 N–H and O–H groups in total. The lowest BCUT2D eigenvalue weighted by Crippen LogP contribution is -2.43. The van der Waals surface area contributed by atoms with E-state index in [1.807, 2.05) is 0 Å². The molecular formula is C24H29NSi. The Hall–Kier alpha value is -2.19. The number of rotatable bonds is 3. The number of hydrogen-bond donors (Lipinski definition) is 0. The minimum absolute atomic E-state index is 0.115. The highest BCUT2D eigenvalue weighted by Crippen LogP contribution is 2.29. The first-order valence-corrected chi connectivity index (χ1v) is 12.8. The highest BCUT2D eigenvalue weighted by atomic mass is 28.3. The fourth-order valence-corrected chi connectivity index (χ4v) is 5.03.